The van der Waals surface area contributed by atoms with Gasteiger partial charge in [0.25, 0.3) is 5.78 Å². The maximum absolute atomic E-state index is 13.7. The zero-order valence-electron chi connectivity index (χ0n) is 19.4. The lowest BCUT2D eigenvalue weighted by molar-refractivity contribution is -0.121. The Hall–Kier alpha value is -3.19. The van der Waals surface area contributed by atoms with Crippen molar-refractivity contribution in [3.63, 3.8) is 0 Å². The first-order chi connectivity index (χ1) is 15.9. The van der Waals surface area contributed by atoms with Crippen LogP contribution in [0.3, 0.4) is 0 Å². The van der Waals surface area contributed by atoms with Gasteiger partial charge in [0.15, 0.2) is 5.82 Å². The van der Waals surface area contributed by atoms with Gasteiger partial charge in [0.2, 0.25) is 5.91 Å². The largest absolute Gasteiger partial charge is 0.345 e. The number of nitrogens with one attached hydrogen (secondary N) is 1. The van der Waals surface area contributed by atoms with Gasteiger partial charge in [-0.2, -0.15) is 0 Å². The summed E-state index contributed by atoms with van der Waals surface area (Å²) < 4.78 is 1.95. The van der Waals surface area contributed by atoms with Gasteiger partial charge in [-0.25, -0.2) is 4.98 Å². The predicted molar refractivity (Wildman–Crippen MR) is 132 cm³/mol. The van der Waals surface area contributed by atoms with Crippen molar-refractivity contribution >= 4 is 23.4 Å². The van der Waals surface area contributed by atoms with Crippen LogP contribution in [0.4, 0.5) is 0 Å². The number of amides is 1. The van der Waals surface area contributed by atoms with Gasteiger partial charge < -0.3 is 5.32 Å². The summed E-state index contributed by atoms with van der Waals surface area (Å²) in [7, 11) is 0. The van der Waals surface area contributed by atoms with Crippen LogP contribution < -0.4 is 5.32 Å². The quantitative estimate of drug-likeness (QED) is 0.353. The van der Waals surface area contributed by atoms with E-state index < -0.39 is 0 Å². The van der Waals surface area contributed by atoms with Gasteiger partial charge in [0.1, 0.15) is 5.25 Å². The highest BCUT2D eigenvalue weighted by Gasteiger charge is 2.28. The maximum Gasteiger partial charge on any atom is 0.255 e. The molecule has 0 spiro atoms. The Morgan fingerprint density at radius 3 is 2.33 bits per heavy atom. The van der Waals surface area contributed by atoms with Crippen LogP contribution in [-0.4, -0.2) is 25.5 Å². The van der Waals surface area contributed by atoms with E-state index in [0.717, 1.165) is 28.3 Å². The summed E-state index contributed by atoms with van der Waals surface area (Å²) in [6.07, 6.45) is 0.747. The van der Waals surface area contributed by atoms with Gasteiger partial charge in [-0.3, -0.25) is 9.20 Å². The van der Waals surface area contributed by atoms with Crippen LogP contribution in [-0.2, 0) is 4.79 Å². The van der Waals surface area contributed by atoms with Crippen LogP contribution in [0.15, 0.2) is 71.6 Å². The molecule has 0 saturated carbocycles. The van der Waals surface area contributed by atoms with E-state index in [4.69, 9.17) is 0 Å². The summed E-state index contributed by atoms with van der Waals surface area (Å²) in [5.74, 6) is 1.59. The number of hydrogen-bond acceptors (Lipinski definition) is 5. The first-order valence-corrected chi connectivity index (χ1v) is 12.1. The SMILES string of the molecule is Cc1cc(C)n2c([C@H](CC(C)C)NC(=O)[C@@H](Sc3ccccc3)c3ccccc3)nnc2n1. The number of aryl methyl sites for hydroxylation is 2. The van der Waals surface area contributed by atoms with E-state index in [2.05, 4.69) is 34.3 Å². The molecule has 2 heterocycles. The van der Waals surface area contributed by atoms with Crippen molar-refractivity contribution in [1.29, 1.82) is 0 Å². The van der Waals surface area contributed by atoms with Crippen molar-refractivity contribution in [1.82, 2.24) is 24.9 Å². The Morgan fingerprint density at radius 1 is 1.00 bits per heavy atom. The fourth-order valence-electron chi connectivity index (χ4n) is 3.96. The number of thioether (sulfide) groups is 1. The summed E-state index contributed by atoms with van der Waals surface area (Å²) in [4.78, 5) is 19.3. The second kappa shape index (κ2) is 10.2. The Labute approximate surface area is 198 Å². The molecule has 0 radical (unpaired) electrons. The molecule has 4 aromatic rings. The minimum Gasteiger partial charge on any atom is -0.345 e. The molecular weight excluding hydrogens is 430 g/mol. The molecule has 1 amide bonds. The molecule has 0 aliphatic carbocycles. The normalized spacial score (nSPS) is 13.2. The molecule has 2 atom stereocenters. The minimum absolute atomic E-state index is 0.0461. The third-order valence-electron chi connectivity index (χ3n) is 5.39. The molecule has 0 saturated heterocycles. The molecule has 2 aromatic carbocycles. The van der Waals surface area contributed by atoms with Crippen molar-refractivity contribution in [2.75, 3.05) is 0 Å². The summed E-state index contributed by atoms with van der Waals surface area (Å²) in [6.45, 7) is 8.25. The average Bonchev–Trinajstić information content (AvgIpc) is 3.22. The lowest BCUT2D eigenvalue weighted by Crippen LogP contribution is -2.34. The van der Waals surface area contributed by atoms with E-state index in [9.17, 15) is 4.79 Å². The average molecular weight is 460 g/mol. The Morgan fingerprint density at radius 2 is 1.67 bits per heavy atom. The van der Waals surface area contributed by atoms with Gasteiger partial charge in [-0.05, 0) is 49.9 Å². The summed E-state index contributed by atoms with van der Waals surface area (Å²) in [5.41, 5.74) is 2.86. The van der Waals surface area contributed by atoms with Gasteiger partial charge in [0, 0.05) is 16.3 Å². The van der Waals surface area contributed by atoms with Crippen LogP contribution in [0.1, 0.15) is 54.3 Å². The number of rotatable bonds is 8. The maximum atomic E-state index is 13.7. The molecule has 0 aliphatic heterocycles. The number of aromatic nitrogens is 4. The molecule has 6 nitrogen and oxygen atoms in total. The van der Waals surface area contributed by atoms with Crippen molar-refractivity contribution < 1.29 is 4.79 Å². The highest BCUT2D eigenvalue weighted by molar-refractivity contribution is 8.00. The van der Waals surface area contributed by atoms with E-state index in [0.29, 0.717) is 17.5 Å². The number of fused-ring (bicyclic) bond motifs is 1. The second-order valence-electron chi connectivity index (χ2n) is 8.64. The van der Waals surface area contributed by atoms with Gasteiger partial charge in [-0.1, -0.05) is 62.4 Å². The Bertz CT molecular complexity index is 1220. The molecule has 0 unspecified atom stereocenters. The highest BCUT2D eigenvalue weighted by Crippen LogP contribution is 2.36. The number of benzene rings is 2. The monoisotopic (exact) mass is 459 g/mol. The third kappa shape index (κ3) is 5.42. The lowest BCUT2D eigenvalue weighted by atomic mass is 10.0. The predicted octanol–water partition coefficient (Wildman–Crippen LogP) is 5.48. The Balaban J connectivity index is 1.68. The number of carbonyl (C=O) groups excluding carboxylic acids is 1. The molecule has 2 aromatic heterocycles. The molecule has 170 valence electrons. The van der Waals surface area contributed by atoms with Crippen LogP contribution in [0.25, 0.3) is 5.78 Å². The van der Waals surface area contributed by atoms with E-state index in [1.54, 1.807) is 11.8 Å². The first-order valence-electron chi connectivity index (χ1n) is 11.2. The molecule has 4 rings (SSSR count). The molecule has 0 fully saturated rings. The summed E-state index contributed by atoms with van der Waals surface area (Å²) in [5, 5.41) is 11.6. The third-order valence-corrected chi connectivity index (χ3v) is 6.66. The lowest BCUT2D eigenvalue weighted by Gasteiger charge is -2.23. The smallest absolute Gasteiger partial charge is 0.255 e. The zero-order chi connectivity index (χ0) is 23.4. The molecule has 33 heavy (non-hydrogen) atoms. The van der Waals surface area contributed by atoms with Gasteiger partial charge in [0.05, 0.1) is 6.04 Å². The fraction of sp³-hybridized carbons (Fsp3) is 0.308. The second-order valence-corrected chi connectivity index (χ2v) is 9.82. The van der Waals surface area contributed by atoms with Crippen LogP contribution in [0, 0.1) is 19.8 Å². The van der Waals surface area contributed by atoms with E-state index in [1.807, 2.05) is 85.0 Å². The fourth-order valence-corrected chi connectivity index (χ4v) is 5.02. The van der Waals surface area contributed by atoms with E-state index in [-0.39, 0.29) is 17.2 Å². The number of nitrogens with zero attached hydrogens (tertiary/aromatic N) is 4. The van der Waals surface area contributed by atoms with Crippen LogP contribution in [0.2, 0.25) is 0 Å². The molecule has 1 N–H and O–H groups in total. The topological polar surface area (TPSA) is 72.2 Å². The van der Waals surface area contributed by atoms with E-state index in [1.165, 1.54) is 0 Å². The molecule has 0 bridgehead atoms. The van der Waals surface area contributed by atoms with Crippen molar-refractivity contribution in [2.45, 2.75) is 50.3 Å². The van der Waals surface area contributed by atoms with Crippen molar-refractivity contribution in [3.05, 3.63) is 89.5 Å². The van der Waals surface area contributed by atoms with Gasteiger partial charge in [-0.15, -0.1) is 22.0 Å². The van der Waals surface area contributed by atoms with Crippen molar-refractivity contribution in [3.8, 4) is 0 Å². The number of carbonyl (C=O) groups is 1. The molecule has 7 heteroatoms. The van der Waals surface area contributed by atoms with Gasteiger partial charge >= 0.3 is 0 Å². The summed E-state index contributed by atoms with van der Waals surface area (Å²) in [6, 6.07) is 21.7. The van der Waals surface area contributed by atoms with Crippen LogP contribution in [0.5, 0.6) is 0 Å². The molecular formula is C26H29N5OS. The first kappa shape index (κ1) is 23.0. The summed E-state index contributed by atoms with van der Waals surface area (Å²) >= 11 is 1.55. The van der Waals surface area contributed by atoms with E-state index >= 15 is 0 Å². The van der Waals surface area contributed by atoms with Crippen LogP contribution >= 0.6 is 11.8 Å². The number of hydrogen-bond donors (Lipinski definition) is 1. The zero-order valence-corrected chi connectivity index (χ0v) is 20.2. The highest BCUT2D eigenvalue weighted by atomic mass is 32.2. The van der Waals surface area contributed by atoms with Crippen molar-refractivity contribution in [2.24, 2.45) is 5.92 Å². The standard InChI is InChI=1S/C26H29N5OS/c1-17(2)15-22(24-29-30-26-27-18(3)16-19(4)31(24)26)28-25(32)23(20-11-7-5-8-12-20)33-21-13-9-6-10-14-21/h5-14,16-17,22-23H,15H2,1-4H3,(H,28,32)/t22-,23-/m0/s1. The Kier molecular flexibility index (Phi) is 7.08. The molecule has 0 aliphatic rings. The minimum atomic E-state index is -0.385.